The van der Waals surface area contributed by atoms with Gasteiger partial charge in [0.2, 0.25) is 5.95 Å². The minimum Gasteiger partial charge on any atom is -0.494 e. The maximum absolute atomic E-state index is 15.0. The molecule has 2 aromatic heterocycles. The van der Waals surface area contributed by atoms with E-state index in [4.69, 9.17) is 9.47 Å². The van der Waals surface area contributed by atoms with E-state index in [0.717, 1.165) is 18.5 Å². The lowest BCUT2D eigenvalue weighted by Crippen LogP contribution is -2.28. The van der Waals surface area contributed by atoms with Crippen LogP contribution in [0.15, 0.2) is 48.8 Å². The van der Waals surface area contributed by atoms with E-state index in [-0.39, 0.29) is 34.9 Å². The lowest BCUT2D eigenvalue weighted by Gasteiger charge is -2.23. The normalized spacial score (nSPS) is 15.0. The molecule has 1 atom stereocenters. The Hall–Kier alpha value is -3.92. The summed E-state index contributed by atoms with van der Waals surface area (Å²) < 4.78 is 41.6. The number of fused-ring (bicyclic) bond motifs is 1. The Kier molecular flexibility index (Phi) is 7.09. The fourth-order valence-electron chi connectivity index (χ4n) is 4.67. The molecule has 0 radical (unpaired) electrons. The predicted octanol–water partition coefficient (Wildman–Crippen LogP) is 4.65. The summed E-state index contributed by atoms with van der Waals surface area (Å²) in [5.74, 6) is -1.43. The summed E-state index contributed by atoms with van der Waals surface area (Å²) in [6.07, 6.45) is 4.68. The first-order valence-corrected chi connectivity index (χ1v) is 12.1. The van der Waals surface area contributed by atoms with Crippen LogP contribution < -0.4 is 10.1 Å². The van der Waals surface area contributed by atoms with Crippen molar-refractivity contribution in [3.63, 3.8) is 0 Å². The van der Waals surface area contributed by atoms with E-state index in [9.17, 15) is 13.6 Å². The molecule has 0 bridgehead atoms. The monoisotopic (exact) mass is 507 g/mol. The van der Waals surface area contributed by atoms with Crippen molar-refractivity contribution in [2.24, 2.45) is 7.05 Å². The smallest absolute Gasteiger partial charge is 0.223 e. The number of halogens is 2. The largest absolute Gasteiger partial charge is 0.494 e. The molecule has 192 valence electrons. The molecular formula is C27H27F2N5O3. The highest BCUT2D eigenvalue weighted by Gasteiger charge is 2.24. The van der Waals surface area contributed by atoms with Gasteiger partial charge in [-0.2, -0.15) is 5.10 Å². The highest BCUT2D eigenvalue weighted by atomic mass is 19.1. The average molecular weight is 508 g/mol. The molecule has 8 nitrogen and oxygen atoms in total. The second kappa shape index (κ2) is 10.6. The maximum Gasteiger partial charge on any atom is 0.223 e. The zero-order valence-electron chi connectivity index (χ0n) is 20.6. The summed E-state index contributed by atoms with van der Waals surface area (Å²) in [4.78, 5) is 22.2. The summed E-state index contributed by atoms with van der Waals surface area (Å²) in [5.41, 5.74) is 1.83. The Morgan fingerprint density at radius 1 is 1.19 bits per heavy atom. The van der Waals surface area contributed by atoms with E-state index in [1.165, 1.54) is 31.5 Å². The standard InChI is InChI=1S/C27H27F2N5O3/c1-34-24(5-8-31-34)19(16-3-4-26(36-2)22(29)11-16)14-25(35)17-12-21(28)20-15-30-27(33-23(20)13-17)32-18-6-9-37-10-7-18/h3-5,8,11-13,15,18-19H,6-7,9-10,14H2,1-2H3,(H,30,32,33)/t19-/m0/s1. The van der Waals surface area contributed by atoms with Gasteiger partial charge in [-0.1, -0.05) is 6.07 Å². The zero-order valence-corrected chi connectivity index (χ0v) is 20.6. The zero-order chi connectivity index (χ0) is 25.9. The number of hydrogen-bond donors (Lipinski definition) is 1. The van der Waals surface area contributed by atoms with Crippen LogP contribution in [0.4, 0.5) is 14.7 Å². The lowest BCUT2D eigenvalue weighted by molar-refractivity contribution is 0.0903. The van der Waals surface area contributed by atoms with Gasteiger partial charge in [0.15, 0.2) is 17.3 Å². The molecule has 0 saturated carbocycles. The number of nitrogens with one attached hydrogen (secondary N) is 1. The van der Waals surface area contributed by atoms with Crippen LogP contribution in [0.2, 0.25) is 0 Å². The molecule has 1 saturated heterocycles. The topological polar surface area (TPSA) is 91.2 Å². The van der Waals surface area contributed by atoms with Gasteiger partial charge < -0.3 is 14.8 Å². The van der Waals surface area contributed by atoms with Crippen molar-refractivity contribution in [3.8, 4) is 5.75 Å². The first-order chi connectivity index (χ1) is 17.9. The van der Waals surface area contributed by atoms with Gasteiger partial charge in [0.25, 0.3) is 0 Å². The molecule has 10 heteroatoms. The van der Waals surface area contributed by atoms with Crippen LogP contribution in [0, 0.1) is 11.6 Å². The number of aromatic nitrogens is 4. The number of hydrogen-bond acceptors (Lipinski definition) is 7. The average Bonchev–Trinajstić information content (AvgIpc) is 3.32. The number of Topliss-reactive ketones (excluding diaryl/α,β-unsaturated/α-hetero) is 1. The molecule has 1 fully saturated rings. The van der Waals surface area contributed by atoms with Crippen LogP contribution >= 0.6 is 0 Å². The van der Waals surface area contributed by atoms with Crippen molar-refractivity contribution in [3.05, 3.63) is 77.2 Å². The van der Waals surface area contributed by atoms with Crippen molar-refractivity contribution in [1.82, 2.24) is 19.7 Å². The molecule has 5 rings (SSSR count). The summed E-state index contributed by atoms with van der Waals surface area (Å²) in [7, 11) is 3.15. The van der Waals surface area contributed by atoms with Gasteiger partial charge in [-0.05, 0) is 48.7 Å². The Labute approximate surface area is 212 Å². The number of benzene rings is 2. The van der Waals surface area contributed by atoms with Gasteiger partial charge >= 0.3 is 0 Å². The number of carbonyl (C=O) groups is 1. The molecule has 1 aliphatic heterocycles. The van der Waals surface area contributed by atoms with Crippen molar-refractivity contribution in [2.45, 2.75) is 31.2 Å². The first-order valence-electron chi connectivity index (χ1n) is 12.1. The molecule has 0 spiro atoms. The number of aryl methyl sites for hydroxylation is 1. The minimum atomic E-state index is -0.578. The number of nitrogens with zero attached hydrogens (tertiary/aromatic N) is 4. The van der Waals surface area contributed by atoms with E-state index >= 15 is 0 Å². The molecule has 0 aliphatic carbocycles. The fraction of sp³-hybridized carbons (Fsp3) is 0.333. The molecule has 0 unspecified atom stereocenters. The molecule has 2 aromatic carbocycles. The summed E-state index contributed by atoms with van der Waals surface area (Å²) in [6, 6.07) is 9.33. The Morgan fingerprint density at radius 2 is 2.00 bits per heavy atom. The first kappa shape index (κ1) is 24.8. The SMILES string of the molecule is COc1ccc([C@H](CC(=O)c2cc(F)c3cnc(NC4CCOCC4)nc3c2)c2ccnn2C)cc1F. The van der Waals surface area contributed by atoms with Crippen LogP contribution in [-0.4, -0.2) is 51.9 Å². The Balaban J connectivity index is 1.45. The molecule has 1 aliphatic rings. The van der Waals surface area contributed by atoms with Crippen LogP contribution in [-0.2, 0) is 11.8 Å². The molecule has 37 heavy (non-hydrogen) atoms. The number of methoxy groups -OCH3 is 1. The van der Waals surface area contributed by atoms with Crippen LogP contribution in [0.1, 0.15) is 46.8 Å². The van der Waals surface area contributed by atoms with Crippen molar-refractivity contribution in [2.75, 3.05) is 25.6 Å². The maximum atomic E-state index is 15.0. The van der Waals surface area contributed by atoms with Gasteiger partial charge in [-0.25, -0.2) is 18.7 Å². The molecule has 0 amide bonds. The summed E-state index contributed by atoms with van der Waals surface area (Å²) >= 11 is 0. The lowest BCUT2D eigenvalue weighted by atomic mass is 9.88. The fourth-order valence-corrected chi connectivity index (χ4v) is 4.67. The van der Waals surface area contributed by atoms with Crippen molar-refractivity contribution in [1.29, 1.82) is 0 Å². The van der Waals surface area contributed by atoms with Crippen molar-refractivity contribution < 1.29 is 23.0 Å². The van der Waals surface area contributed by atoms with Crippen molar-refractivity contribution >= 4 is 22.6 Å². The number of anilines is 1. The van der Waals surface area contributed by atoms with Gasteiger partial charge in [0.1, 0.15) is 5.82 Å². The third-order valence-corrected chi connectivity index (χ3v) is 6.71. The second-order valence-electron chi connectivity index (χ2n) is 9.07. The van der Waals surface area contributed by atoms with Crippen LogP contribution in [0.3, 0.4) is 0 Å². The van der Waals surface area contributed by atoms with Gasteiger partial charge in [-0.3, -0.25) is 9.48 Å². The Bertz CT molecular complexity index is 1440. The quantitative estimate of drug-likeness (QED) is 0.347. The van der Waals surface area contributed by atoms with Gasteiger partial charge in [0, 0.05) is 62.3 Å². The molecule has 3 heterocycles. The highest BCUT2D eigenvalue weighted by Crippen LogP contribution is 2.32. The van der Waals surface area contributed by atoms with E-state index in [0.29, 0.717) is 30.2 Å². The van der Waals surface area contributed by atoms with Gasteiger partial charge in [0.05, 0.1) is 18.0 Å². The Morgan fingerprint density at radius 3 is 2.70 bits per heavy atom. The van der Waals surface area contributed by atoms with E-state index < -0.39 is 17.6 Å². The highest BCUT2D eigenvalue weighted by molar-refractivity contribution is 6.00. The predicted molar refractivity (Wildman–Crippen MR) is 134 cm³/mol. The third kappa shape index (κ3) is 5.29. The molecule has 4 aromatic rings. The number of ether oxygens (including phenoxy) is 2. The number of ketones is 1. The van der Waals surface area contributed by atoms with Gasteiger partial charge in [-0.15, -0.1) is 0 Å². The molecule has 1 N–H and O–H groups in total. The number of rotatable bonds is 8. The van der Waals surface area contributed by atoms with Crippen LogP contribution in [0.5, 0.6) is 5.75 Å². The van der Waals surface area contributed by atoms with E-state index in [2.05, 4.69) is 20.4 Å². The van der Waals surface area contributed by atoms with E-state index in [1.807, 2.05) is 0 Å². The minimum absolute atomic E-state index is 0.0193. The number of carbonyl (C=O) groups excluding carboxylic acids is 1. The summed E-state index contributed by atoms with van der Waals surface area (Å²) in [5, 5.41) is 7.71. The summed E-state index contributed by atoms with van der Waals surface area (Å²) in [6.45, 7) is 1.32. The second-order valence-corrected chi connectivity index (χ2v) is 9.07. The van der Waals surface area contributed by atoms with Crippen LogP contribution in [0.25, 0.3) is 10.9 Å². The third-order valence-electron chi connectivity index (χ3n) is 6.71. The van der Waals surface area contributed by atoms with E-state index in [1.54, 1.807) is 36.1 Å². The molecular weight excluding hydrogens is 480 g/mol.